The number of halogens is 2. The predicted molar refractivity (Wildman–Crippen MR) is 105 cm³/mol. The van der Waals surface area contributed by atoms with Gasteiger partial charge >= 0.3 is 5.97 Å². The molecule has 154 valence electrons. The Balaban J connectivity index is 1.50. The van der Waals surface area contributed by atoms with Gasteiger partial charge in [0.1, 0.15) is 23.5 Å². The van der Waals surface area contributed by atoms with E-state index in [-0.39, 0.29) is 29.4 Å². The van der Waals surface area contributed by atoms with Gasteiger partial charge in [-0.3, -0.25) is 4.90 Å². The van der Waals surface area contributed by atoms with Crippen molar-refractivity contribution in [2.24, 2.45) is 0 Å². The van der Waals surface area contributed by atoms with Crippen molar-refractivity contribution >= 4 is 5.97 Å². The Bertz CT molecular complexity index is 896. The van der Waals surface area contributed by atoms with Crippen LogP contribution in [-0.4, -0.2) is 35.2 Å². The van der Waals surface area contributed by atoms with Crippen LogP contribution in [-0.2, 0) is 0 Å². The first-order chi connectivity index (χ1) is 13.9. The number of likely N-dealkylation sites (tertiary alicyclic amines) is 1. The van der Waals surface area contributed by atoms with E-state index in [1.165, 1.54) is 18.2 Å². The summed E-state index contributed by atoms with van der Waals surface area (Å²) in [6, 6.07) is 9.56. The van der Waals surface area contributed by atoms with E-state index in [1.807, 2.05) is 0 Å². The van der Waals surface area contributed by atoms with E-state index < -0.39 is 11.8 Å². The number of aromatic carboxylic acids is 1. The van der Waals surface area contributed by atoms with Crippen LogP contribution < -0.4 is 4.74 Å². The third-order valence-corrected chi connectivity index (χ3v) is 5.96. The fraction of sp³-hybridized carbons (Fsp3) is 0.435. The molecule has 0 unspecified atom stereocenters. The summed E-state index contributed by atoms with van der Waals surface area (Å²) in [5, 5.41) is 9.21. The highest BCUT2D eigenvalue weighted by Crippen LogP contribution is 2.46. The van der Waals surface area contributed by atoms with Gasteiger partial charge in [-0.2, -0.15) is 0 Å². The van der Waals surface area contributed by atoms with E-state index in [4.69, 9.17) is 4.74 Å². The van der Waals surface area contributed by atoms with E-state index in [2.05, 4.69) is 11.8 Å². The minimum Gasteiger partial charge on any atom is -0.489 e. The number of hydrogen-bond donors (Lipinski definition) is 1. The lowest BCUT2D eigenvalue weighted by molar-refractivity contribution is 0.0646. The van der Waals surface area contributed by atoms with Crippen LogP contribution in [0, 0.1) is 11.6 Å². The van der Waals surface area contributed by atoms with Crippen LogP contribution in [0.2, 0.25) is 0 Å². The molecule has 0 bridgehead atoms. The highest BCUT2D eigenvalue weighted by atomic mass is 19.1. The van der Waals surface area contributed by atoms with Gasteiger partial charge in [0.25, 0.3) is 0 Å². The maximum absolute atomic E-state index is 14.8. The number of ether oxygens (including phenoxy) is 1. The van der Waals surface area contributed by atoms with Crippen molar-refractivity contribution < 1.29 is 23.4 Å². The fourth-order valence-electron chi connectivity index (χ4n) is 4.14. The van der Waals surface area contributed by atoms with Gasteiger partial charge in [0.05, 0.1) is 5.56 Å². The smallest absolute Gasteiger partial charge is 0.338 e. The van der Waals surface area contributed by atoms with Gasteiger partial charge in [-0.05, 0) is 74.9 Å². The zero-order valence-corrected chi connectivity index (χ0v) is 16.4. The van der Waals surface area contributed by atoms with E-state index in [9.17, 15) is 18.7 Å². The van der Waals surface area contributed by atoms with Crippen LogP contribution in [0.3, 0.4) is 0 Å². The topological polar surface area (TPSA) is 49.8 Å². The average Bonchev–Trinajstić information content (AvgIpc) is 3.53. The van der Waals surface area contributed by atoms with Crippen LogP contribution in [0.5, 0.6) is 5.75 Å². The number of benzene rings is 2. The molecule has 0 aromatic heterocycles. The Morgan fingerprint density at radius 2 is 1.86 bits per heavy atom. The van der Waals surface area contributed by atoms with Crippen LogP contribution in [0.4, 0.5) is 8.78 Å². The molecule has 2 aromatic rings. The van der Waals surface area contributed by atoms with E-state index >= 15 is 0 Å². The van der Waals surface area contributed by atoms with Gasteiger partial charge in [0.15, 0.2) is 0 Å². The van der Waals surface area contributed by atoms with Crippen LogP contribution in [0.15, 0.2) is 36.4 Å². The molecule has 2 fully saturated rings. The standard InChI is InChI=1S/C23H25F2NO3/c1-14(15-6-8-17(24)9-7-15)26-12-2-3-18(13-26)29-20-11-10-19(23(27)28)22(25)21(20)16-4-5-16/h6-11,14,16,18H,2-5,12-13H2,1H3,(H,27,28)/t14-,18+/m0/s1. The number of piperidine rings is 1. The monoisotopic (exact) mass is 401 g/mol. The lowest BCUT2D eigenvalue weighted by Crippen LogP contribution is -2.42. The first kappa shape index (κ1) is 19.8. The molecular weight excluding hydrogens is 376 g/mol. The Hall–Kier alpha value is -2.47. The zero-order chi connectivity index (χ0) is 20.5. The molecule has 29 heavy (non-hydrogen) atoms. The molecule has 1 aliphatic heterocycles. The molecular formula is C23H25F2NO3. The predicted octanol–water partition coefficient (Wildman–Crippen LogP) is 5.14. The molecule has 2 aromatic carbocycles. The van der Waals surface area contributed by atoms with Gasteiger partial charge in [-0.1, -0.05) is 12.1 Å². The molecule has 1 saturated carbocycles. The Labute approximate surface area is 169 Å². The molecule has 6 heteroatoms. The summed E-state index contributed by atoms with van der Waals surface area (Å²) in [6.45, 7) is 3.69. The van der Waals surface area contributed by atoms with Crippen LogP contribution >= 0.6 is 0 Å². The number of hydrogen-bond acceptors (Lipinski definition) is 3. The highest BCUT2D eigenvalue weighted by Gasteiger charge is 2.34. The second kappa shape index (κ2) is 8.11. The SMILES string of the molecule is C[C@@H](c1ccc(F)cc1)N1CCC[C@@H](Oc2ccc(C(=O)O)c(F)c2C2CC2)C1. The van der Waals surface area contributed by atoms with Gasteiger partial charge < -0.3 is 9.84 Å². The number of nitrogens with zero attached hydrogens (tertiary/aromatic N) is 1. The maximum Gasteiger partial charge on any atom is 0.338 e. The molecule has 0 amide bonds. The highest BCUT2D eigenvalue weighted by molar-refractivity contribution is 5.88. The number of carboxylic acid groups (broad SMARTS) is 1. The molecule has 4 rings (SSSR count). The molecule has 4 nitrogen and oxygen atoms in total. The third kappa shape index (κ3) is 4.27. The molecule has 0 spiro atoms. The third-order valence-electron chi connectivity index (χ3n) is 5.96. The zero-order valence-electron chi connectivity index (χ0n) is 16.4. The van der Waals surface area contributed by atoms with Crippen molar-refractivity contribution in [3.8, 4) is 5.75 Å². The summed E-state index contributed by atoms with van der Waals surface area (Å²) in [4.78, 5) is 13.6. The Morgan fingerprint density at radius 1 is 1.14 bits per heavy atom. The number of carboxylic acids is 1. The number of rotatable bonds is 6. The van der Waals surface area contributed by atoms with Crippen LogP contribution in [0.1, 0.15) is 66.1 Å². The largest absolute Gasteiger partial charge is 0.489 e. The van der Waals surface area contributed by atoms with Gasteiger partial charge in [-0.15, -0.1) is 0 Å². The Kier molecular flexibility index (Phi) is 5.54. The van der Waals surface area contributed by atoms with Crippen molar-refractivity contribution in [3.05, 3.63) is 64.7 Å². The lowest BCUT2D eigenvalue weighted by atomic mass is 10.0. The fourth-order valence-corrected chi connectivity index (χ4v) is 4.14. The second-order valence-electron chi connectivity index (χ2n) is 8.02. The summed E-state index contributed by atoms with van der Waals surface area (Å²) in [5.41, 5.74) is 1.16. The summed E-state index contributed by atoms with van der Waals surface area (Å²) in [7, 11) is 0. The van der Waals surface area contributed by atoms with E-state index in [0.717, 1.165) is 37.8 Å². The molecule has 1 heterocycles. The van der Waals surface area contributed by atoms with E-state index in [0.29, 0.717) is 17.9 Å². The second-order valence-corrected chi connectivity index (χ2v) is 8.02. The molecule has 2 atom stereocenters. The van der Waals surface area contributed by atoms with Crippen LogP contribution in [0.25, 0.3) is 0 Å². The molecule has 1 N–H and O–H groups in total. The van der Waals surface area contributed by atoms with E-state index in [1.54, 1.807) is 18.2 Å². The Morgan fingerprint density at radius 3 is 2.52 bits per heavy atom. The minimum absolute atomic E-state index is 0.0436. The summed E-state index contributed by atoms with van der Waals surface area (Å²) in [5.74, 6) is -1.66. The van der Waals surface area contributed by atoms with Gasteiger partial charge in [0.2, 0.25) is 0 Å². The first-order valence-electron chi connectivity index (χ1n) is 10.2. The summed E-state index contributed by atoms with van der Waals surface area (Å²) >= 11 is 0. The van der Waals surface area contributed by atoms with Crippen molar-refractivity contribution in [3.63, 3.8) is 0 Å². The summed E-state index contributed by atoms with van der Waals surface area (Å²) in [6.07, 6.45) is 3.42. The normalized spacial score (nSPS) is 21.0. The van der Waals surface area contributed by atoms with Gasteiger partial charge in [-0.25, -0.2) is 13.6 Å². The van der Waals surface area contributed by atoms with Crippen molar-refractivity contribution in [2.45, 2.75) is 50.7 Å². The molecule has 1 aliphatic carbocycles. The minimum atomic E-state index is -1.26. The quantitative estimate of drug-likeness (QED) is 0.728. The molecule has 0 radical (unpaired) electrons. The summed E-state index contributed by atoms with van der Waals surface area (Å²) < 4.78 is 34.2. The van der Waals surface area contributed by atoms with Crippen molar-refractivity contribution in [1.29, 1.82) is 0 Å². The number of carbonyl (C=O) groups is 1. The molecule has 1 saturated heterocycles. The van der Waals surface area contributed by atoms with Crippen molar-refractivity contribution in [1.82, 2.24) is 4.90 Å². The maximum atomic E-state index is 14.8. The van der Waals surface area contributed by atoms with Crippen molar-refractivity contribution in [2.75, 3.05) is 13.1 Å². The lowest BCUT2D eigenvalue weighted by Gasteiger charge is -2.37. The molecule has 2 aliphatic rings. The van der Waals surface area contributed by atoms with Gasteiger partial charge in [0, 0.05) is 18.2 Å². The average molecular weight is 401 g/mol. The first-order valence-corrected chi connectivity index (χ1v) is 10.2.